The summed E-state index contributed by atoms with van der Waals surface area (Å²) in [6.45, 7) is 0. The number of thioether (sulfide) groups is 1. The second-order valence-corrected chi connectivity index (χ2v) is 5.84. The molecular formula is C16H13ClN2S. The van der Waals surface area contributed by atoms with Gasteiger partial charge in [-0.2, -0.15) is 0 Å². The molecule has 0 saturated heterocycles. The summed E-state index contributed by atoms with van der Waals surface area (Å²) >= 11 is 7.68. The van der Waals surface area contributed by atoms with Crippen LogP contribution in [0.3, 0.4) is 0 Å². The van der Waals surface area contributed by atoms with E-state index in [1.807, 2.05) is 41.2 Å². The van der Waals surface area contributed by atoms with Crippen LogP contribution in [0.15, 0.2) is 72.0 Å². The number of halogens is 1. The van der Waals surface area contributed by atoms with Crippen LogP contribution in [-0.2, 0) is 5.75 Å². The molecule has 1 aromatic heterocycles. The van der Waals surface area contributed by atoms with E-state index in [0.717, 1.165) is 22.2 Å². The molecule has 4 heteroatoms. The average molecular weight is 301 g/mol. The van der Waals surface area contributed by atoms with Crippen molar-refractivity contribution >= 4 is 23.4 Å². The molecule has 0 aliphatic heterocycles. The van der Waals surface area contributed by atoms with Gasteiger partial charge in [0.1, 0.15) is 0 Å². The van der Waals surface area contributed by atoms with E-state index in [0.29, 0.717) is 0 Å². The zero-order chi connectivity index (χ0) is 13.8. The zero-order valence-corrected chi connectivity index (χ0v) is 12.3. The van der Waals surface area contributed by atoms with Crippen molar-refractivity contribution in [2.75, 3.05) is 0 Å². The van der Waals surface area contributed by atoms with Crippen LogP contribution in [0.25, 0.3) is 5.69 Å². The van der Waals surface area contributed by atoms with Gasteiger partial charge in [-0.15, -0.1) is 11.8 Å². The van der Waals surface area contributed by atoms with Gasteiger partial charge in [0.05, 0.1) is 12.0 Å². The summed E-state index contributed by atoms with van der Waals surface area (Å²) in [6.07, 6.45) is 3.89. The standard InChI is InChI=1S/C16H13ClN2S/c17-13-6-8-15(9-7-13)19-10-14(18-12-19)11-20-16-4-2-1-3-5-16/h1-10,12H,11H2. The van der Waals surface area contributed by atoms with Crippen LogP contribution in [-0.4, -0.2) is 9.55 Å². The van der Waals surface area contributed by atoms with Crippen molar-refractivity contribution in [3.8, 4) is 5.69 Å². The molecule has 1 heterocycles. The Kier molecular flexibility index (Phi) is 4.09. The predicted octanol–water partition coefficient (Wildman–Crippen LogP) is 4.82. The Hall–Kier alpha value is -1.71. The molecule has 0 N–H and O–H groups in total. The molecule has 2 nitrogen and oxygen atoms in total. The Morgan fingerprint density at radius 2 is 1.75 bits per heavy atom. The van der Waals surface area contributed by atoms with Crippen LogP contribution in [0.1, 0.15) is 5.69 Å². The molecule has 0 fully saturated rings. The van der Waals surface area contributed by atoms with Gasteiger partial charge in [0.2, 0.25) is 0 Å². The van der Waals surface area contributed by atoms with Gasteiger partial charge in [-0.25, -0.2) is 4.98 Å². The van der Waals surface area contributed by atoms with Crippen LogP contribution in [0.5, 0.6) is 0 Å². The quantitative estimate of drug-likeness (QED) is 0.643. The van der Waals surface area contributed by atoms with E-state index in [-0.39, 0.29) is 0 Å². The normalized spacial score (nSPS) is 10.7. The van der Waals surface area contributed by atoms with Gasteiger partial charge in [0.25, 0.3) is 0 Å². The van der Waals surface area contributed by atoms with E-state index in [9.17, 15) is 0 Å². The molecule has 0 bridgehead atoms. The number of benzene rings is 2. The van der Waals surface area contributed by atoms with E-state index in [1.54, 1.807) is 11.8 Å². The fraction of sp³-hybridized carbons (Fsp3) is 0.0625. The zero-order valence-electron chi connectivity index (χ0n) is 10.7. The Balaban J connectivity index is 1.69. The molecule has 0 radical (unpaired) electrons. The van der Waals surface area contributed by atoms with Crippen molar-refractivity contribution < 1.29 is 0 Å². The molecule has 0 saturated carbocycles. The Labute approximate surface area is 127 Å². The first kappa shape index (κ1) is 13.3. The maximum Gasteiger partial charge on any atom is 0.0995 e. The van der Waals surface area contributed by atoms with E-state index in [1.165, 1.54) is 4.90 Å². The molecular weight excluding hydrogens is 288 g/mol. The lowest BCUT2D eigenvalue weighted by molar-refractivity contribution is 1.06. The van der Waals surface area contributed by atoms with Crippen LogP contribution >= 0.6 is 23.4 Å². The number of aromatic nitrogens is 2. The van der Waals surface area contributed by atoms with E-state index >= 15 is 0 Å². The van der Waals surface area contributed by atoms with E-state index in [4.69, 9.17) is 11.6 Å². The summed E-state index contributed by atoms with van der Waals surface area (Å²) in [6, 6.07) is 18.1. The Bertz CT molecular complexity index is 677. The monoisotopic (exact) mass is 300 g/mol. The van der Waals surface area contributed by atoms with Gasteiger partial charge in [-0.05, 0) is 36.4 Å². The number of hydrogen-bond donors (Lipinski definition) is 0. The minimum absolute atomic E-state index is 0.744. The van der Waals surface area contributed by atoms with E-state index < -0.39 is 0 Å². The van der Waals surface area contributed by atoms with Crippen molar-refractivity contribution in [3.63, 3.8) is 0 Å². The fourth-order valence-electron chi connectivity index (χ4n) is 1.87. The smallest absolute Gasteiger partial charge is 0.0995 e. The van der Waals surface area contributed by atoms with Crippen molar-refractivity contribution in [3.05, 3.63) is 77.8 Å². The highest BCUT2D eigenvalue weighted by Crippen LogP contribution is 2.22. The third kappa shape index (κ3) is 3.24. The fourth-order valence-corrected chi connectivity index (χ4v) is 2.81. The molecule has 3 aromatic rings. The Morgan fingerprint density at radius 1 is 1.00 bits per heavy atom. The topological polar surface area (TPSA) is 17.8 Å². The lowest BCUT2D eigenvalue weighted by Crippen LogP contribution is -1.88. The average Bonchev–Trinajstić information content (AvgIpc) is 2.96. The minimum Gasteiger partial charge on any atom is -0.306 e. The highest BCUT2D eigenvalue weighted by Gasteiger charge is 2.02. The summed E-state index contributed by atoms with van der Waals surface area (Å²) in [7, 11) is 0. The SMILES string of the molecule is Clc1ccc(-n2cnc(CSc3ccccc3)c2)cc1. The van der Waals surface area contributed by atoms with Crippen molar-refractivity contribution in [2.24, 2.45) is 0 Å². The maximum absolute atomic E-state index is 5.89. The lowest BCUT2D eigenvalue weighted by Gasteiger charge is -2.01. The second kappa shape index (κ2) is 6.16. The molecule has 2 aromatic carbocycles. The van der Waals surface area contributed by atoms with Crippen molar-refractivity contribution in [2.45, 2.75) is 10.6 Å². The second-order valence-electron chi connectivity index (χ2n) is 4.35. The highest BCUT2D eigenvalue weighted by atomic mass is 35.5. The first-order valence-corrected chi connectivity index (χ1v) is 7.64. The van der Waals surface area contributed by atoms with E-state index in [2.05, 4.69) is 35.4 Å². The van der Waals surface area contributed by atoms with Crippen LogP contribution < -0.4 is 0 Å². The predicted molar refractivity (Wildman–Crippen MR) is 84.6 cm³/mol. The molecule has 100 valence electrons. The molecule has 0 spiro atoms. The highest BCUT2D eigenvalue weighted by molar-refractivity contribution is 7.98. The largest absolute Gasteiger partial charge is 0.306 e. The maximum atomic E-state index is 5.89. The first-order valence-electron chi connectivity index (χ1n) is 6.28. The molecule has 20 heavy (non-hydrogen) atoms. The van der Waals surface area contributed by atoms with Gasteiger partial charge in [-0.1, -0.05) is 29.8 Å². The number of rotatable bonds is 4. The number of hydrogen-bond acceptors (Lipinski definition) is 2. The number of nitrogens with zero attached hydrogens (tertiary/aromatic N) is 2. The minimum atomic E-state index is 0.744. The third-order valence-corrected chi connectivity index (χ3v) is 4.19. The molecule has 0 amide bonds. The summed E-state index contributed by atoms with van der Waals surface area (Å²) in [5, 5.41) is 0.744. The third-order valence-electron chi connectivity index (χ3n) is 2.89. The van der Waals surface area contributed by atoms with Gasteiger partial charge in [-0.3, -0.25) is 0 Å². The lowest BCUT2D eigenvalue weighted by atomic mass is 10.3. The van der Waals surface area contributed by atoms with Gasteiger partial charge in [0, 0.05) is 27.6 Å². The molecule has 0 atom stereocenters. The van der Waals surface area contributed by atoms with Crippen LogP contribution in [0.4, 0.5) is 0 Å². The van der Waals surface area contributed by atoms with Crippen LogP contribution in [0.2, 0.25) is 5.02 Å². The summed E-state index contributed by atoms with van der Waals surface area (Å²) < 4.78 is 2.01. The van der Waals surface area contributed by atoms with Crippen molar-refractivity contribution in [1.82, 2.24) is 9.55 Å². The molecule has 3 rings (SSSR count). The Morgan fingerprint density at radius 3 is 2.50 bits per heavy atom. The summed E-state index contributed by atoms with van der Waals surface area (Å²) in [5.74, 6) is 0.866. The van der Waals surface area contributed by atoms with Gasteiger partial charge in [0.15, 0.2) is 0 Å². The summed E-state index contributed by atoms with van der Waals surface area (Å²) in [4.78, 5) is 5.70. The molecule has 0 aliphatic rings. The first-order chi connectivity index (χ1) is 9.81. The van der Waals surface area contributed by atoms with Gasteiger partial charge >= 0.3 is 0 Å². The molecule has 0 aliphatic carbocycles. The van der Waals surface area contributed by atoms with Crippen LogP contribution in [0, 0.1) is 0 Å². The van der Waals surface area contributed by atoms with Gasteiger partial charge < -0.3 is 4.57 Å². The molecule has 0 unspecified atom stereocenters. The van der Waals surface area contributed by atoms with Crippen molar-refractivity contribution in [1.29, 1.82) is 0 Å². The number of imidazole rings is 1. The summed E-state index contributed by atoms with van der Waals surface area (Å²) in [5.41, 5.74) is 2.13.